The molecule has 0 aromatic rings. The van der Waals surface area contributed by atoms with Crippen molar-refractivity contribution in [3.05, 3.63) is 0 Å². The van der Waals surface area contributed by atoms with Crippen molar-refractivity contribution in [1.82, 2.24) is 15.1 Å². The monoisotopic (exact) mass is 243 g/mol. The van der Waals surface area contributed by atoms with Crippen LogP contribution in [0.5, 0.6) is 0 Å². The van der Waals surface area contributed by atoms with Crippen LogP contribution in [0.1, 0.15) is 34.1 Å². The molecule has 0 saturated carbocycles. The lowest BCUT2D eigenvalue weighted by Gasteiger charge is -2.31. The molecule has 0 aliphatic heterocycles. The van der Waals surface area contributed by atoms with E-state index >= 15 is 0 Å². The summed E-state index contributed by atoms with van der Waals surface area (Å²) in [5.74, 6) is 0.741. The maximum Gasteiger partial charge on any atom is 0.0193 e. The van der Waals surface area contributed by atoms with E-state index in [9.17, 15) is 0 Å². The second-order valence-corrected chi connectivity index (χ2v) is 5.75. The molecule has 0 aromatic carbocycles. The van der Waals surface area contributed by atoms with Crippen molar-refractivity contribution >= 4 is 0 Å². The third kappa shape index (κ3) is 9.57. The first-order chi connectivity index (χ1) is 7.97. The highest BCUT2D eigenvalue weighted by Crippen LogP contribution is 2.04. The van der Waals surface area contributed by atoms with Crippen molar-refractivity contribution in [2.75, 3.05) is 46.8 Å². The van der Waals surface area contributed by atoms with Crippen molar-refractivity contribution in [1.29, 1.82) is 0 Å². The van der Waals surface area contributed by atoms with E-state index in [1.54, 1.807) is 0 Å². The minimum Gasteiger partial charge on any atom is -0.315 e. The Morgan fingerprint density at radius 2 is 1.71 bits per heavy atom. The first-order valence-corrected chi connectivity index (χ1v) is 7.06. The summed E-state index contributed by atoms with van der Waals surface area (Å²) in [7, 11) is 4.29. The summed E-state index contributed by atoms with van der Waals surface area (Å²) in [5, 5.41) is 3.52. The predicted octanol–water partition coefficient (Wildman–Crippen LogP) is 1.89. The molecule has 3 heteroatoms. The molecule has 0 spiro atoms. The van der Waals surface area contributed by atoms with Gasteiger partial charge >= 0.3 is 0 Å². The zero-order chi connectivity index (χ0) is 13.3. The Balaban J connectivity index is 4.04. The molecule has 1 N–H and O–H groups in total. The smallest absolute Gasteiger partial charge is 0.0193 e. The minimum absolute atomic E-state index is 0.629. The molecule has 17 heavy (non-hydrogen) atoms. The zero-order valence-corrected chi connectivity index (χ0v) is 12.8. The maximum atomic E-state index is 3.52. The Morgan fingerprint density at radius 1 is 1.06 bits per heavy atom. The fourth-order valence-electron chi connectivity index (χ4n) is 1.91. The molecule has 0 aromatic heterocycles. The highest BCUT2D eigenvalue weighted by atomic mass is 15.2. The maximum absolute atomic E-state index is 3.52. The second kappa shape index (κ2) is 9.86. The van der Waals surface area contributed by atoms with Gasteiger partial charge in [0.05, 0.1) is 0 Å². The molecule has 104 valence electrons. The van der Waals surface area contributed by atoms with Gasteiger partial charge in [-0.1, -0.05) is 20.8 Å². The third-order valence-corrected chi connectivity index (χ3v) is 2.92. The normalized spacial score (nSPS) is 13.9. The summed E-state index contributed by atoms with van der Waals surface area (Å²) in [5.41, 5.74) is 0. The molecular formula is C14H33N3. The van der Waals surface area contributed by atoms with Crippen LogP contribution in [0.3, 0.4) is 0 Å². The third-order valence-electron chi connectivity index (χ3n) is 2.92. The standard InChI is InChI=1S/C14H33N3/c1-7-8-15-11-14(4)17(12-13(2)3)10-9-16(5)6/h13-15H,7-12H2,1-6H3. The molecule has 3 nitrogen and oxygen atoms in total. The summed E-state index contributed by atoms with van der Waals surface area (Å²) in [6.45, 7) is 14.9. The van der Waals surface area contributed by atoms with E-state index in [2.05, 4.69) is 56.9 Å². The van der Waals surface area contributed by atoms with Gasteiger partial charge in [-0.05, 0) is 39.9 Å². The van der Waals surface area contributed by atoms with E-state index in [1.807, 2.05) is 0 Å². The van der Waals surface area contributed by atoms with Gasteiger partial charge in [0.1, 0.15) is 0 Å². The van der Waals surface area contributed by atoms with Gasteiger partial charge in [0.15, 0.2) is 0 Å². The summed E-state index contributed by atoms with van der Waals surface area (Å²) < 4.78 is 0. The summed E-state index contributed by atoms with van der Waals surface area (Å²) in [4.78, 5) is 4.87. The van der Waals surface area contributed by atoms with Crippen LogP contribution in [-0.2, 0) is 0 Å². The van der Waals surface area contributed by atoms with E-state index in [1.165, 1.54) is 19.5 Å². The molecule has 0 rings (SSSR count). The first kappa shape index (κ1) is 16.9. The van der Waals surface area contributed by atoms with E-state index in [0.29, 0.717) is 6.04 Å². The Morgan fingerprint density at radius 3 is 2.18 bits per heavy atom. The SMILES string of the molecule is CCCNCC(C)N(CCN(C)C)CC(C)C. The quantitative estimate of drug-likeness (QED) is 0.591. The molecule has 0 amide bonds. The fourth-order valence-corrected chi connectivity index (χ4v) is 1.91. The van der Waals surface area contributed by atoms with Crippen LogP contribution in [0.15, 0.2) is 0 Å². The first-order valence-electron chi connectivity index (χ1n) is 7.06. The Labute approximate surface area is 109 Å². The molecule has 0 bridgehead atoms. The zero-order valence-electron chi connectivity index (χ0n) is 12.8. The summed E-state index contributed by atoms with van der Waals surface area (Å²) >= 11 is 0. The van der Waals surface area contributed by atoms with Gasteiger partial charge < -0.3 is 10.2 Å². The van der Waals surface area contributed by atoms with Gasteiger partial charge in [0, 0.05) is 32.2 Å². The highest BCUT2D eigenvalue weighted by Gasteiger charge is 2.14. The van der Waals surface area contributed by atoms with Crippen LogP contribution in [0.4, 0.5) is 0 Å². The topological polar surface area (TPSA) is 18.5 Å². The largest absolute Gasteiger partial charge is 0.315 e. The molecule has 0 heterocycles. The summed E-state index contributed by atoms with van der Waals surface area (Å²) in [6, 6.07) is 0.629. The van der Waals surface area contributed by atoms with Crippen LogP contribution in [-0.4, -0.2) is 62.7 Å². The van der Waals surface area contributed by atoms with Gasteiger partial charge in [-0.25, -0.2) is 0 Å². The van der Waals surface area contributed by atoms with Crippen LogP contribution in [0.25, 0.3) is 0 Å². The number of likely N-dealkylation sites (N-methyl/N-ethyl adjacent to an activating group) is 1. The molecule has 0 radical (unpaired) electrons. The Kier molecular flexibility index (Phi) is 9.79. The predicted molar refractivity (Wildman–Crippen MR) is 77.6 cm³/mol. The molecule has 1 unspecified atom stereocenters. The number of rotatable bonds is 10. The van der Waals surface area contributed by atoms with Gasteiger partial charge in [-0.2, -0.15) is 0 Å². The van der Waals surface area contributed by atoms with Crippen LogP contribution in [0.2, 0.25) is 0 Å². The van der Waals surface area contributed by atoms with E-state index in [0.717, 1.165) is 25.6 Å². The van der Waals surface area contributed by atoms with Crippen molar-refractivity contribution in [2.45, 2.75) is 40.2 Å². The lowest BCUT2D eigenvalue weighted by molar-refractivity contribution is 0.167. The molecule has 0 saturated heterocycles. The van der Waals surface area contributed by atoms with Gasteiger partial charge in [-0.15, -0.1) is 0 Å². The molecule has 0 aliphatic carbocycles. The van der Waals surface area contributed by atoms with Crippen molar-refractivity contribution in [3.63, 3.8) is 0 Å². The van der Waals surface area contributed by atoms with Gasteiger partial charge in [0.2, 0.25) is 0 Å². The van der Waals surface area contributed by atoms with Gasteiger partial charge in [-0.3, -0.25) is 4.90 Å². The van der Waals surface area contributed by atoms with Crippen molar-refractivity contribution in [3.8, 4) is 0 Å². The molecule has 1 atom stereocenters. The number of hydrogen-bond acceptors (Lipinski definition) is 3. The Hall–Kier alpha value is -0.120. The number of nitrogens with zero attached hydrogens (tertiary/aromatic N) is 2. The van der Waals surface area contributed by atoms with Crippen molar-refractivity contribution in [2.24, 2.45) is 5.92 Å². The van der Waals surface area contributed by atoms with E-state index in [-0.39, 0.29) is 0 Å². The number of nitrogens with one attached hydrogen (secondary N) is 1. The average Bonchev–Trinajstić information content (AvgIpc) is 2.23. The molecular weight excluding hydrogens is 210 g/mol. The van der Waals surface area contributed by atoms with Crippen LogP contribution < -0.4 is 5.32 Å². The average molecular weight is 243 g/mol. The lowest BCUT2D eigenvalue weighted by Crippen LogP contribution is -2.45. The van der Waals surface area contributed by atoms with Crippen molar-refractivity contribution < 1.29 is 0 Å². The molecule has 0 fully saturated rings. The minimum atomic E-state index is 0.629. The molecule has 0 aliphatic rings. The van der Waals surface area contributed by atoms with Crippen LogP contribution in [0, 0.1) is 5.92 Å². The van der Waals surface area contributed by atoms with Gasteiger partial charge in [0.25, 0.3) is 0 Å². The second-order valence-electron chi connectivity index (χ2n) is 5.75. The fraction of sp³-hybridized carbons (Fsp3) is 1.00. The Bertz CT molecular complexity index is 169. The highest BCUT2D eigenvalue weighted by molar-refractivity contribution is 4.71. The summed E-state index contributed by atoms with van der Waals surface area (Å²) in [6.07, 6.45) is 1.22. The van der Waals surface area contributed by atoms with Crippen LogP contribution >= 0.6 is 0 Å². The van der Waals surface area contributed by atoms with E-state index in [4.69, 9.17) is 0 Å². The lowest BCUT2D eigenvalue weighted by atomic mass is 10.1. The number of hydrogen-bond donors (Lipinski definition) is 1. The van der Waals surface area contributed by atoms with E-state index < -0.39 is 0 Å².